The van der Waals surface area contributed by atoms with Gasteiger partial charge in [-0.3, -0.25) is 14.5 Å². The van der Waals surface area contributed by atoms with Crippen LogP contribution in [-0.4, -0.2) is 53.8 Å². The number of rotatable bonds is 4. The van der Waals surface area contributed by atoms with Gasteiger partial charge in [0.1, 0.15) is 6.54 Å². The second-order valence-electron chi connectivity index (χ2n) is 6.36. The van der Waals surface area contributed by atoms with E-state index < -0.39 is 6.04 Å². The smallest absolute Gasteiger partial charge is 0.322 e. The van der Waals surface area contributed by atoms with E-state index in [-0.39, 0.29) is 37.0 Å². The van der Waals surface area contributed by atoms with Gasteiger partial charge >= 0.3 is 6.03 Å². The van der Waals surface area contributed by atoms with E-state index in [1.807, 2.05) is 16.8 Å². The second-order valence-corrected chi connectivity index (χ2v) is 7.14. The lowest BCUT2D eigenvalue weighted by atomic mass is 9.98. The maximum Gasteiger partial charge on any atom is 0.322 e. The van der Waals surface area contributed by atoms with Crippen molar-refractivity contribution in [2.75, 3.05) is 20.1 Å². The van der Waals surface area contributed by atoms with E-state index in [1.165, 1.54) is 21.1 Å². The molecule has 4 amide bonds. The summed E-state index contributed by atoms with van der Waals surface area (Å²) in [5, 5.41) is 9.61. The Balaban J connectivity index is 1.58. The summed E-state index contributed by atoms with van der Waals surface area (Å²) >= 11 is 1.52. The molecule has 8 heteroatoms. The van der Waals surface area contributed by atoms with Crippen molar-refractivity contribution in [2.45, 2.75) is 24.9 Å². The summed E-state index contributed by atoms with van der Waals surface area (Å²) in [5.41, 5.74) is 2.14. The molecule has 2 N–H and O–H groups in total. The first-order chi connectivity index (χ1) is 11.5. The Labute approximate surface area is 143 Å². The third-order valence-electron chi connectivity index (χ3n) is 4.59. The quantitative estimate of drug-likeness (QED) is 0.847. The molecule has 1 atom stereocenters. The minimum atomic E-state index is -0.445. The molecule has 0 spiro atoms. The number of thiophene rings is 1. The summed E-state index contributed by atoms with van der Waals surface area (Å²) in [6.45, 7) is 0.317. The Morgan fingerprint density at radius 2 is 2.21 bits per heavy atom. The minimum Gasteiger partial charge on any atom is -0.352 e. The molecule has 3 aliphatic rings. The number of carbonyl (C=O) groups excluding carboxylic acids is 3. The summed E-state index contributed by atoms with van der Waals surface area (Å²) in [7, 11) is 1.65. The van der Waals surface area contributed by atoms with E-state index >= 15 is 0 Å². The average Bonchev–Trinajstić information content (AvgIpc) is 3.08. The summed E-state index contributed by atoms with van der Waals surface area (Å²) in [4.78, 5) is 40.1. The van der Waals surface area contributed by atoms with Crippen LogP contribution in [-0.2, 0) is 9.59 Å². The molecule has 0 saturated heterocycles. The first-order valence-electron chi connectivity index (χ1n) is 7.92. The van der Waals surface area contributed by atoms with Gasteiger partial charge in [0.15, 0.2) is 0 Å². The predicted molar refractivity (Wildman–Crippen MR) is 88.1 cm³/mol. The van der Waals surface area contributed by atoms with Crippen LogP contribution in [0.15, 0.2) is 28.1 Å². The monoisotopic (exact) mass is 346 g/mol. The lowest BCUT2D eigenvalue weighted by Gasteiger charge is -2.30. The maximum absolute atomic E-state index is 12.8. The first kappa shape index (κ1) is 15.2. The molecule has 0 aromatic carbocycles. The molecule has 1 aromatic heterocycles. The summed E-state index contributed by atoms with van der Waals surface area (Å²) in [6, 6.07) is 1.49. The Hall–Kier alpha value is -2.35. The summed E-state index contributed by atoms with van der Waals surface area (Å²) in [5.74, 6) is -0.321. The fraction of sp³-hybridized carbons (Fsp3) is 0.438. The number of nitrogens with zero attached hydrogens (tertiary/aromatic N) is 2. The minimum absolute atomic E-state index is 0.0285. The normalized spacial score (nSPS) is 23.5. The molecule has 7 nitrogen and oxygen atoms in total. The maximum atomic E-state index is 12.8. The van der Waals surface area contributed by atoms with Gasteiger partial charge in [-0.05, 0) is 35.2 Å². The van der Waals surface area contributed by atoms with Gasteiger partial charge in [-0.15, -0.1) is 0 Å². The zero-order valence-electron chi connectivity index (χ0n) is 13.2. The standard InChI is InChI=1S/C16H18N4O3S/c1-19-11-6-20(7-12(21)17-10-2-3-10)15(22)13(11)14(18-16(19)23)9-4-5-24-8-9/h4-5,8,10,14H,2-3,6-7H2,1H3,(H,17,21)(H,18,23)/t14-/m0/s1. The predicted octanol–water partition coefficient (Wildman–Crippen LogP) is 0.819. The van der Waals surface area contributed by atoms with Gasteiger partial charge in [-0.25, -0.2) is 4.79 Å². The Bertz CT molecular complexity index is 739. The van der Waals surface area contributed by atoms with Crippen LogP contribution in [0.3, 0.4) is 0 Å². The van der Waals surface area contributed by atoms with E-state index in [2.05, 4.69) is 10.6 Å². The zero-order valence-corrected chi connectivity index (χ0v) is 14.1. The number of likely N-dealkylation sites (N-methyl/N-ethyl adjacent to an activating group) is 1. The molecule has 0 bridgehead atoms. The van der Waals surface area contributed by atoms with E-state index in [0.29, 0.717) is 11.3 Å². The SMILES string of the molecule is CN1C(=O)N[C@@H](c2ccsc2)C2=C1CN(CC(=O)NC1CC1)C2=O. The van der Waals surface area contributed by atoms with E-state index in [4.69, 9.17) is 0 Å². The van der Waals surface area contributed by atoms with Crippen LogP contribution in [0.25, 0.3) is 0 Å². The van der Waals surface area contributed by atoms with Crippen LogP contribution in [0.5, 0.6) is 0 Å². The lowest BCUT2D eigenvalue weighted by Crippen LogP contribution is -2.45. The molecule has 0 unspecified atom stereocenters. The molecule has 24 heavy (non-hydrogen) atoms. The fourth-order valence-electron chi connectivity index (χ4n) is 3.11. The highest BCUT2D eigenvalue weighted by molar-refractivity contribution is 7.08. The molecular weight excluding hydrogens is 328 g/mol. The molecule has 2 aliphatic heterocycles. The van der Waals surface area contributed by atoms with Crippen molar-refractivity contribution in [3.05, 3.63) is 33.7 Å². The van der Waals surface area contributed by atoms with E-state index in [1.54, 1.807) is 7.05 Å². The summed E-state index contributed by atoms with van der Waals surface area (Å²) in [6.07, 6.45) is 2.02. The molecule has 0 radical (unpaired) electrons. The van der Waals surface area contributed by atoms with Crippen LogP contribution in [0.2, 0.25) is 0 Å². The van der Waals surface area contributed by atoms with Crippen molar-refractivity contribution in [3.8, 4) is 0 Å². The first-order valence-corrected chi connectivity index (χ1v) is 8.87. The van der Waals surface area contributed by atoms with Gasteiger partial charge in [0, 0.05) is 13.1 Å². The van der Waals surface area contributed by atoms with Crippen molar-refractivity contribution in [1.82, 2.24) is 20.4 Å². The molecule has 3 heterocycles. The van der Waals surface area contributed by atoms with Crippen LogP contribution >= 0.6 is 11.3 Å². The zero-order chi connectivity index (χ0) is 16.8. The Kier molecular flexibility index (Phi) is 3.56. The number of nitrogens with one attached hydrogen (secondary N) is 2. The number of hydrogen-bond acceptors (Lipinski definition) is 4. The van der Waals surface area contributed by atoms with E-state index in [9.17, 15) is 14.4 Å². The van der Waals surface area contributed by atoms with Crippen molar-refractivity contribution >= 4 is 29.2 Å². The Morgan fingerprint density at radius 3 is 2.88 bits per heavy atom. The van der Waals surface area contributed by atoms with Crippen LogP contribution < -0.4 is 10.6 Å². The number of urea groups is 1. The van der Waals surface area contributed by atoms with Crippen LogP contribution in [0.4, 0.5) is 4.79 Å². The molecule has 1 saturated carbocycles. The van der Waals surface area contributed by atoms with Gasteiger partial charge in [0.05, 0.1) is 23.9 Å². The molecular formula is C16H18N4O3S. The molecule has 1 aliphatic carbocycles. The third-order valence-corrected chi connectivity index (χ3v) is 5.29. The molecule has 1 fully saturated rings. The highest BCUT2D eigenvalue weighted by atomic mass is 32.1. The molecule has 1 aromatic rings. The van der Waals surface area contributed by atoms with Crippen molar-refractivity contribution in [2.24, 2.45) is 0 Å². The highest BCUT2D eigenvalue weighted by Crippen LogP contribution is 2.36. The number of amides is 4. The van der Waals surface area contributed by atoms with Gasteiger partial charge in [0.2, 0.25) is 5.91 Å². The number of carbonyl (C=O) groups is 3. The molecule has 126 valence electrons. The van der Waals surface area contributed by atoms with Crippen LogP contribution in [0, 0.1) is 0 Å². The van der Waals surface area contributed by atoms with Gasteiger partial charge in [-0.2, -0.15) is 11.3 Å². The van der Waals surface area contributed by atoms with E-state index in [0.717, 1.165) is 18.4 Å². The van der Waals surface area contributed by atoms with Crippen LogP contribution in [0.1, 0.15) is 24.4 Å². The average molecular weight is 346 g/mol. The van der Waals surface area contributed by atoms with Gasteiger partial charge < -0.3 is 15.5 Å². The number of hydrogen-bond donors (Lipinski definition) is 2. The second kappa shape index (κ2) is 5.62. The lowest BCUT2D eigenvalue weighted by molar-refractivity contribution is -0.132. The third kappa shape index (κ3) is 2.56. The van der Waals surface area contributed by atoms with Crippen molar-refractivity contribution in [3.63, 3.8) is 0 Å². The van der Waals surface area contributed by atoms with Gasteiger partial charge in [-0.1, -0.05) is 0 Å². The highest BCUT2D eigenvalue weighted by Gasteiger charge is 2.43. The van der Waals surface area contributed by atoms with Gasteiger partial charge in [0.25, 0.3) is 5.91 Å². The van der Waals surface area contributed by atoms with Crippen molar-refractivity contribution in [1.29, 1.82) is 0 Å². The fourth-order valence-corrected chi connectivity index (χ4v) is 3.80. The largest absolute Gasteiger partial charge is 0.352 e. The Morgan fingerprint density at radius 1 is 1.42 bits per heavy atom. The molecule has 4 rings (SSSR count). The van der Waals surface area contributed by atoms with Crippen molar-refractivity contribution < 1.29 is 14.4 Å². The topological polar surface area (TPSA) is 81.8 Å². The summed E-state index contributed by atoms with van der Waals surface area (Å²) < 4.78 is 0.